The van der Waals surface area contributed by atoms with Crippen LogP contribution < -0.4 is 0 Å². The summed E-state index contributed by atoms with van der Waals surface area (Å²) in [4.78, 5) is 0. The van der Waals surface area contributed by atoms with E-state index in [0.29, 0.717) is 11.1 Å². The van der Waals surface area contributed by atoms with Crippen LogP contribution in [0.1, 0.15) is 183 Å². The molecule has 0 amide bonds. The maximum Gasteiger partial charge on any atom is 0.0636 e. The lowest BCUT2D eigenvalue weighted by Gasteiger charge is -2.37. The number of benzene rings is 18. The van der Waals surface area contributed by atoms with E-state index < -0.39 is 466 Å². The van der Waals surface area contributed by atoms with Gasteiger partial charge in [0.25, 0.3) is 0 Å². The van der Waals surface area contributed by atoms with Gasteiger partial charge < -0.3 is 0 Å². The monoisotopic (exact) mass is 1550 g/mol. The summed E-state index contributed by atoms with van der Waals surface area (Å²) in [5, 5.41) is -4.34. The number of hydrogen-bond donors (Lipinski definition) is 0. The van der Waals surface area contributed by atoms with Gasteiger partial charge in [0, 0.05) is 42.7 Å². The molecular weight excluding hydrogens is 1420 g/mol. The van der Waals surface area contributed by atoms with Crippen molar-refractivity contribution in [3.05, 3.63) is 441 Å². The van der Waals surface area contributed by atoms with Crippen molar-refractivity contribution in [3.63, 3.8) is 0 Å². The molecule has 0 heterocycles. The highest BCUT2D eigenvalue weighted by Gasteiger charge is 2.41. The minimum atomic E-state index is -4.18. The Morgan fingerprint density at radius 2 is 0.703 bits per heavy atom. The quantitative estimate of drug-likeness (QED) is 0.133. The molecule has 4 unspecified atom stereocenters. The van der Waals surface area contributed by atoms with Crippen molar-refractivity contribution >= 4 is 100.0 Å². The number of fused-ring (bicyclic) bond motifs is 6. The Labute approximate surface area is 767 Å². The minimum Gasteiger partial charge on any atom is -0.0761 e. The van der Waals surface area contributed by atoms with E-state index in [4.69, 9.17) is 28.8 Å². The van der Waals surface area contributed by atoms with E-state index in [-0.39, 0.29) is 82.4 Å². The van der Waals surface area contributed by atoms with Gasteiger partial charge in [-0.15, -0.1) is 0 Å². The van der Waals surface area contributed by atoms with E-state index in [0.717, 1.165) is 33.4 Å². The molecule has 0 fully saturated rings. The first-order chi connectivity index (χ1) is 81.4. The van der Waals surface area contributed by atoms with E-state index in [1.807, 2.05) is 36.4 Å². The molecule has 0 spiro atoms. The van der Waals surface area contributed by atoms with Crippen molar-refractivity contribution in [3.8, 4) is 89.0 Å². The molecule has 0 saturated carbocycles. The van der Waals surface area contributed by atoms with Crippen LogP contribution in [0.5, 0.6) is 0 Å². The highest BCUT2D eigenvalue weighted by molar-refractivity contribution is 6.27. The Morgan fingerprint density at radius 3 is 1.26 bits per heavy atom. The van der Waals surface area contributed by atoms with Gasteiger partial charge in [0.15, 0.2) is 0 Å². The van der Waals surface area contributed by atoms with E-state index in [2.05, 4.69) is 44.2 Å². The summed E-state index contributed by atoms with van der Waals surface area (Å²) >= 11 is 0. The fourth-order valence-electron chi connectivity index (χ4n) is 17.9. The molecule has 552 valence electrons. The van der Waals surface area contributed by atoms with E-state index in [1.165, 1.54) is 0 Å². The van der Waals surface area contributed by atoms with Gasteiger partial charge >= 0.3 is 0 Å². The fraction of sp³-hybridized carbons (Fsp3) is 0.0847. The fourth-order valence-corrected chi connectivity index (χ4v) is 17.9. The van der Waals surface area contributed by atoms with Crippen LogP contribution >= 0.6 is 0 Å². The predicted molar refractivity (Wildman–Crippen MR) is 502 cm³/mol. The lowest BCUT2D eigenvalue weighted by molar-refractivity contribution is 0.660. The SMILES string of the molecule is [2H]C1=C([2H])c2c([2H])c([2H])c([2H])c3c2C2C1=C(c1c([2H])c(-c4c([2H])c([2H])c5c(c4[2H])C(C([2H])([2H])[2H])(C([2H])([2H])[2H])c4c([2H])c(-c6c([2H])c([2H])c([2H])c([2H])c6[2H])c([2H])c([2H])c4-5)c([2H])c(-c4c([2H])c([2H])c5c([2H])c([2H])c6c([2H])c([2H])c([2H])c7c([2H])c([2H])c4c5c67)c1[2H])C([2H])=C([2H])C2C([2H])=C3[2H].[2H]C1=C([2H])c2c([2H])c([2H])c([2H])c3c2C2C1=C(c1cc(-c4ccc5c(c4)C(C)(C)c4cc(-c6ccccc6)ccc4-5)cc(-c4c([2H])c([2H])c5c([2H])c([2H])c6c([2H])c([2H])c([2H])c7c([2H])c([2H])c4c5c67)c1)C([2H])=C([2H])C2C([2H])=C3[2H]. The Kier molecular flexibility index (Phi) is 6.96. The highest BCUT2D eigenvalue weighted by Crippen LogP contribution is 2.57. The molecule has 0 nitrogen and oxygen atoms in total. The maximum absolute atomic E-state index is 10.4. The predicted octanol–water partition coefficient (Wildman–Crippen LogP) is 31.3. The van der Waals surface area contributed by atoms with Crippen molar-refractivity contribution in [1.29, 1.82) is 0 Å². The van der Waals surface area contributed by atoms with Crippen molar-refractivity contribution in [2.75, 3.05) is 0 Å². The summed E-state index contributed by atoms with van der Waals surface area (Å²) in [6, 6.07) is -15.6. The van der Waals surface area contributed by atoms with Gasteiger partial charge in [-0.2, -0.15) is 0 Å². The molecule has 26 rings (SSSR count). The summed E-state index contributed by atoms with van der Waals surface area (Å²) in [5.74, 6) is -6.14. The van der Waals surface area contributed by atoms with Crippen molar-refractivity contribution < 1.29 is 76.8 Å². The summed E-state index contributed by atoms with van der Waals surface area (Å²) in [7, 11) is 0. The minimum absolute atomic E-state index is 0.00750. The molecule has 0 bridgehead atoms. The molecule has 18 aromatic rings. The molecule has 0 radical (unpaired) electrons. The molecule has 0 aliphatic heterocycles. The Hall–Kier alpha value is -14.0. The summed E-state index contributed by atoms with van der Waals surface area (Å²) in [6.45, 7) is -4.08. The van der Waals surface area contributed by atoms with Crippen molar-refractivity contribution in [2.45, 2.75) is 50.2 Å². The maximum atomic E-state index is 10.4. The molecule has 0 heteroatoms. The number of hydrogen-bond acceptors (Lipinski definition) is 0. The van der Waals surface area contributed by atoms with E-state index >= 15 is 0 Å². The van der Waals surface area contributed by atoms with Crippen LogP contribution in [0.4, 0.5) is 0 Å². The molecule has 18 aromatic carbocycles. The molecule has 0 aromatic heterocycles. The molecular formula is C118H80. The third-order valence-corrected chi connectivity index (χ3v) is 23.5. The molecule has 4 atom stereocenters. The molecule has 0 saturated heterocycles. The molecule has 0 N–H and O–H groups in total. The second-order valence-electron chi connectivity index (χ2n) is 30.2. The van der Waals surface area contributed by atoms with Crippen molar-refractivity contribution in [1.82, 2.24) is 0 Å². The zero-order chi connectivity index (χ0) is 126. The number of rotatable bonds is 8. The van der Waals surface area contributed by atoms with Crippen LogP contribution in [-0.2, 0) is 10.8 Å². The zero-order valence-electron chi connectivity index (χ0n) is 117. The third-order valence-electron chi connectivity index (χ3n) is 23.5. The Morgan fingerprint density at radius 1 is 0.263 bits per heavy atom. The molecule has 8 aliphatic carbocycles. The highest BCUT2D eigenvalue weighted by atomic mass is 14.4. The summed E-state index contributed by atoms with van der Waals surface area (Å²) < 4.78 is 522. The van der Waals surface area contributed by atoms with Crippen LogP contribution in [0, 0.1) is 11.8 Å². The summed E-state index contributed by atoms with van der Waals surface area (Å²) in [5.41, 5.74) is -12.8. The normalized spacial score (nSPS) is 25.8. The van der Waals surface area contributed by atoms with Gasteiger partial charge in [0.05, 0.1) is 68.5 Å². The first-order valence-corrected chi connectivity index (χ1v) is 37.6. The second-order valence-corrected chi connectivity index (χ2v) is 30.2. The average Bonchev–Trinajstić information content (AvgIpc) is 1.49. The lowest BCUT2D eigenvalue weighted by atomic mass is 9.67. The van der Waals surface area contributed by atoms with Gasteiger partial charge in [-0.1, -0.05) is 354 Å². The van der Waals surface area contributed by atoms with Crippen LogP contribution in [0.25, 0.3) is 189 Å². The Bertz CT molecular complexity index is 11100. The van der Waals surface area contributed by atoms with Crippen LogP contribution in [0.3, 0.4) is 0 Å². The molecule has 118 heavy (non-hydrogen) atoms. The summed E-state index contributed by atoms with van der Waals surface area (Å²) in [6.07, 6.45) is 0. The zero-order valence-corrected chi connectivity index (χ0v) is 61.4. The lowest BCUT2D eigenvalue weighted by Crippen LogP contribution is -2.21. The van der Waals surface area contributed by atoms with Crippen LogP contribution in [-0.4, -0.2) is 0 Å². The largest absolute Gasteiger partial charge is 0.0761 e. The second kappa shape index (κ2) is 25.2. The van der Waals surface area contributed by atoms with Crippen LogP contribution in [0.2, 0.25) is 0 Å². The van der Waals surface area contributed by atoms with Gasteiger partial charge in [-0.3, -0.25) is 0 Å². The molecule has 8 aliphatic rings. The first kappa shape index (κ1) is 32.6. The smallest absolute Gasteiger partial charge is 0.0636 e. The van der Waals surface area contributed by atoms with Gasteiger partial charge in [-0.25, -0.2) is 0 Å². The van der Waals surface area contributed by atoms with Crippen LogP contribution in [0.15, 0.2) is 374 Å². The average molecular weight is 1550 g/mol. The van der Waals surface area contributed by atoms with E-state index in [9.17, 15) is 48.0 Å². The topological polar surface area (TPSA) is 0 Å². The number of allylic oxidation sites excluding steroid dienone is 12. The standard InChI is InChI=1S/2C59H40/c2*1-59(2)53-33-42(35-8-4-3-5-9-35)22-26-49(53)50-27-23-43(34-54(50)59)44-30-45(47-24-18-40-16-14-36-10-6-12-38-20-28-51(47)57(40)55(36)38)32-46(31-44)48-25-19-41-17-15-37-11-7-13-39-21-29-52(48)58(41)56(37)39/h2*3-34,40,57H,1-2H3/i1D3,2D3,3D,4D,5D,6D,7D,8D,9D,10D,11D,12D,13D,14D,15D,16D,17D,18D,19D,20D,21D,22D,23D,24D,25D,26D,27D,28D,29D,30D,31D,32D,33D,34D;6D,7D,10D,11D,12D,13D,14D,15D,16D,17D,18D,19D,20D,21D,24D,25D,28D,29D. The third kappa shape index (κ3) is 10.0. The van der Waals surface area contributed by atoms with Gasteiger partial charge in [-0.05, 0) is 303 Å². The van der Waals surface area contributed by atoms with Gasteiger partial charge in [0.1, 0.15) is 0 Å². The van der Waals surface area contributed by atoms with Crippen molar-refractivity contribution in [2.24, 2.45) is 11.8 Å². The van der Waals surface area contributed by atoms with E-state index in [1.54, 1.807) is 18.2 Å². The van der Waals surface area contributed by atoms with Gasteiger partial charge in [0.2, 0.25) is 0 Å². The first-order valence-electron chi connectivity index (χ1n) is 65.6. The Balaban J connectivity index is 0.000000178.